The molecule has 9 heteroatoms. The second kappa shape index (κ2) is 9.80. The molecule has 2 heterocycles. The van der Waals surface area contributed by atoms with Crippen LogP contribution in [0.5, 0.6) is 11.5 Å². The van der Waals surface area contributed by atoms with E-state index in [0.717, 1.165) is 32.4 Å². The number of aromatic nitrogens is 2. The number of hydrogen-bond donors (Lipinski definition) is 0. The SMILES string of the molecule is COc1ccc(-c2csc(-c3ccnc(SCc4ccc([N+](=O)[O-])cc4)c3)n2)cc1OC. The Hall–Kier alpha value is -3.43. The lowest BCUT2D eigenvalue weighted by molar-refractivity contribution is -0.384. The van der Waals surface area contributed by atoms with Crippen LogP contribution in [0.4, 0.5) is 5.69 Å². The Morgan fingerprint density at radius 1 is 1.00 bits per heavy atom. The average Bonchev–Trinajstić information content (AvgIpc) is 3.33. The monoisotopic (exact) mass is 465 g/mol. The van der Waals surface area contributed by atoms with Crippen LogP contribution in [0.2, 0.25) is 0 Å². The summed E-state index contributed by atoms with van der Waals surface area (Å²) in [6.45, 7) is 0. The zero-order chi connectivity index (χ0) is 22.5. The van der Waals surface area contributed by atoms with Crippen LogP contribution in [-0.2, 0) is 5.75 Å². The summed E-state index contributed by atoms with van der Waals surface area (Å²) in [5.41, 5.74) is 3.89. The van der Waals surface area contributed by atoms with Gasteiger partial charge in [0.15, 0.2) is 11.5 Å². The number of thioether (sulfide) groups is 1. The fourth-order valence-corrected chi connectivity index (χ4v) is 4.71. The van der Waals surface area contributed by atoms with E-state index in [2.05, 4.69) is 4.98 Å². The van der Waals surface area contributed by atoms with Crippen molar-refractivity contribution < 1.29 is 14.4 Å². The minimum absolute atomic E-state index is 0.0907. The number of hydrogen-bond acceptors (Lipinski definition) is 8. The maximum atomic E-state index is 10.8. The minimum Gasteiger partial charge on any atom is -0.493 e. The summed E-state index contributed by atoms with van der Waals surface area (Å²) in [5.74, 6) is 2.01. The molecule has 0 N–H and O–H groups in total. The molecule has 0 aliphatic heterocycles. The highest BCUT2D eigenvalue weighted by Crippen LogP contribution is 2.35. The van der Waals surface area contributed by atoms with E-state index in [0.29, 0.717) is 17.3 Å². The third-order valence-electron chi connectivity index (χ3n) is 4.70. The van der Waals surface area contributed by atoms with Crippen molar-refractivity contribution in [1.29, 1.82) is 0 Å². The predicted octanol–water partition coefficient (Wildman–Crippen LogP) is 6.09. The quantitative estimate of drug-likeness (QED) is 0.177. The fraction of sp³-hybridized carbons (Fsp3) is 0.130. The molecule has 4 rings (SSSR count). The third-order valence-corrected chi connectivity index (χ3v) is 6.59. The first-order valence-electron chi connectivity index (χ1n) is 9.58. The van der Waals surface area contributed by atoms with Crippen LogP contribution in [0.25, 0.3) is 21.8 Å². The van der Waals surface area contributed by atoms with E-state index < -0.39 is 4.92 Å². The summed E-state index contributed by atoms with van der Waals surface area (Å²) in [6, 6.07) is 16.3. The predicted molar refractivity (Wildman–Crippen MR) is 127 cm³/mol. The topological polar surface area (TPSA) is 87.4 Å². The Balaban J connectivity index is 1.49. The van der Waals surface area contributed by atoms with Crippen molar-refractivity contribution >= 4 is 28.8 Å². The molecule has 0 unspecified atom stereocenters. The molecular formula is C23H19N3O4S2. The van der Waals surface area contributed by atoms with Crippen molar-refractivity contribution in [3.8, 4) is 33.3 Å². The maximum Gasteiger partial charge on any atom is 0.269 e. The van der Waals surface area contributed by atoms with Gasteiger partial charge in [0.05, 0.1) is 29.9 Å². The molecule has 2 aromatic carbocycles. The number of rotatable bonds is 8. The lowest BCUT2D eigenvalue weighted by Crippen LogP contribution is -1.91. The number of thiazole rings is 1. The molecule has 0 saturated carbocycles. The number of methoxy groups -OCH3 is 2. The second-order valence-corrected chi connectivity index (χ2v) is 8.56. The highest BCUT2D eigenvalue weighted by Gasteiger charge is 2.11. The molecule has 0 aliphatic carbocycles. The molecule has 4 aromatic rings. The zero-order valence-electron chi connectivity index (χ0n) is 17.3. The van der Waals surface area contributed by atoms with Crippen LogP contribution in [0, 0.1) is 10.1 Å². The van der Waals surface area contributed by atoms with Gasteiger partial charge in [-0.3, -0.25) is 10.1 Å². The highest BCUT2D eigenvalue weighted by molar-refractivity contribution is 7.98. The first kappa shape index (κ1) is 21.8. The van der Waals surface area contributed by atoms with E-state index in [4.69, 9.17) is 14.5 Å². The minimum atomic E-state index is -0.397. The smallest absolute Gasteiger partial charge is 0.269 e. The zero-order valence-corrected chi connectivity index (χ0v) is 19.0. The van der Waals surface area contributed by atoms with Crippen LogP contribution >= 0.6 is 23.1 Å². The van der Waals surface area contributed by atoms with Crippen molar-refractivity contribution in [3.05, 3.63) is 81.9 Å². The number of ether oxygens (including phenoxy) is 2. The lowest BCUT2D eigenvalue weighted by Gasteiger charge is -2.08. The summed E-state index contributed by atoms with van der Waals surface area (Å²) in [4.78, 5) is 19.6. The lowest BCUT2D eigenvalue weighted by atomic mass is 10.1. The van der Waals surface area contributed by atoms with Crippen LogP contribution in [0.15, 0.2) is 71.2 Å². The van der Waals surface area contributed by atoms with E-state index >= 15 is 0 Å². The van der Waals surface area contributed by atoms with Crippen molar-refractivity contribution in [3.63, 3.8) is 0 Å². The summed E-state index contributed by atoms with van der Waals surface area (Å²) in [5, 5.41) is 14.6. The van der Waals surface area contributed by atoms with Gasteiger partial charge in [-0.15, -0.1) is 23.1 Å². The van der Waals surface area contributed by atoms with Crippen LogP contribution in [0.3, 0.4) is 0 Å². The van der Waals surface area contributed by atoms with E-state index in [9.17, 15) is 10.1 Å². The molecule has 0 fully saturated rings. The van der Waals surface area contributed by atoms with Gasteiger partial charge in [-0.1, -0.05) is 12.1 Å². The number of benzene rings is 2. The van der Waals surface area contributed by atoms with Crippen molar-refractivity contribution in [1.82, 2.24) is 9.97 Å². The number of nitro groups is 1. The number of nitrogens with zero attached hydrogens (tertiary/aromatic N) is 3. The summed E-state index contributed by atoms with van der Waals surface area (Å²) in [6.07, 6.45) is 1.77. The van der Waals surface area contributed by atoms with Gasteiger partial charge in [0, 0.05) is 40.6 Å². The number of nitro benzene ring substituents is 1. The number of pyridine rings is 1. The van der Waals surface area contributed by atoms with Crippen LogP contribution in [0.1, 0.15) is 5.56 Å². The van der Waals surface area contributed by atoms with E-state index in [1.54, 1.807) is 55.6 Å². The van der Waals surface area contributed by atoms with Gasteiger partial charge < -0.3 is 9.47 Å². The van der Waals surface area contributed by atoms with E-state index in [-0.39, 0.29) is 5.69 Å². The number of non-ortho nitro benzene ring substituents is 1. The fourth-order valence-electron chi connectivity index (χ4n) is 3.03. The Morgan fingerprint density at radius 3 is 2.50 bits per heavy atom. The summed E-state index contributed by atoms with van der Waals surface area (Å²) >= 11 is 3.14. The first-order chi connectivity index (χ1) is 15.6. The average molecular weight is 466 g/mol. The third kappa shape index (κ3) is 4.90. The van der Waals surface area contributed by atoms with Gasteiger partial charge in [0.2, 0.25) is 0 Å². The molecule has 2 aromatic heterocycles. The van der Waals surface area contributed by atoms with Gasteiger partial charge in [-0.2, -0.15) is 0 Å². The molecule has 0 amide bonds. The Labute approximate surface area is 193 Å². The highest BCUT2D eigenvalue weighted by atomic mass is 32.2. The summed E-state index contributed by atoms with van der Waals surface area (Å²) < 4.78 is 10.7. The Morgan fingerprint density at radius 2 is 1.78 bits per heavy atom. The largest absolute Gasteiger partial charge is 0.493 e. The van der Waals surface area contributed by atoms with Gasteiger partial charge in [-0.25, -0.2) is 9.97 Å². The molecule has 0 atom stereocenters. The standard InChI is InChI=1S/C23H19N3O4S2/c1-29-20-8-5-16(11-21(20)30-2)19-14-32-23(25-19)17-9-10-24-22(12-17)31-13-15-3-6-18(7-4-15)26(27)28/h3-12,14H,13H2,1-2H3. The first-order valence-corrected chi connectivity index (χ1v) is 11.4. The molecule has 0 spiro atoms. The molecule has 162 valence electrons. The molecule has 32 heavy (non-hydrogen) atoms. The molecule has 0 bridgehead atoms. The molecular weight excluding hydrogens is 446 g/mol. The normalized spacial score (nSPS) is 10.7. The van der Waals surface area contributed by atoms with Crippen LogP contribution < -0.4 is 9.47 Å². The molecule has 0 saturated heterocycles. The van der Waals surface area contributed by atoms with Gasteiger partial charge in [0.25, 0.3) is 5.69 Å². The van der Waals surface area contributed by atoms with Gasteiger partial charge in [0.1, 0.15) is 5.01 Å². The molecule has 0 aliphatic rings. The summed E-state index contributed by atoms with van der Waals surface area (Å²) in [7, 11) is 3.22. The van der Waals surface area contributed by atoms with E-state index in [1.807, 2.05) is 35.7 Å². The van der Waals surface area contributed by atoms with Crippen molar-refractivity contribution in [2.45, 2.75) is 10.8 Å². The van der Waals surface area contributed by atoms with Gasteiger partial charge >= 0.3 is 0 Å². The van der Waals surface area contributed by atoms with Gasteiger partial charge in [-0.05, 0) is 35.9 Å². The Kier molecular flexibility index (Phi) is 6.67. The van der Waals surface area contributed by atoms with E-state index in [1.165, 1.54) is 12.1 Å². The Bertz CT molecular complexity index is 1240. The molecule has 0 radical (unpaired) electrons. The second-order valence-electron chi connectivity index (χ2n) is 6.70. The van der Waals surface area contributed by atoms with Crippen LogP contribution in [-0.4, -0.2) is 29.1 Å². The van der Waals surface area contributed by atoms with Crippen molar-refractivity contribution in [2.24, 2.45) is 0 Å². The maximum absolute atomic E-state index is 10.8. The van der Waals surface area contributed by atoms with Crippen molar-refractivity contribution in [2.75, 3.05) is 14.2 Å². The molecule has 7 nitrogen and oxygen atoms in total.